The minimum absolute atomic E-state index is 0.195. The van der Waals surface area contributed by atoms with E-state index in [0.717, 1.165) is 5.56 Å². The molecule has 0 aromatic heterocycles. The molecule has 1 aromatic rings. The second-order valence-corrected chi connectivity index (χ2v) is 4.29. The van der Waals surface area contributed by atoms with Gasteiger partial charge in [-0.15, -0.1) is 11.6 Å². The van der Waals surface area contributed by atoms with Gasteiger partial charge in [-0.25, -0.2) is 5.01 Å². The number of carbonyl (C=O) groups is 1. The highest BCUT2D eigenvalue weighted by Gasteiger charge is 2.20. The Balaban J connectivity index is 1.91. The zero-order chi connectivity index (χ0) is 12.1. The largest absolute Gasteiger partial charge is 0.379 e. The number of hydrazine groups is 1. The van der Waals surface area contributed by atoms with Gasteiger partial charge < -0.3 is 4.74 Å². The molecule has 1 N–H and O–H groups in total. The summed E-state index contributed by atoms with van der Waals surface area (Å²) >= 11 is 6.11. The maximum absolute atomic E-state index is 11.9. The standard InChI is InChI=1S/C12H15ClN2O2/c13-11(10-4-2-1-3-5-10)12(16)14-15-6-8-17-9-7-15/h1-5,11H,6-9H2,(H,14,16). The lowest BCUT2D eigenvalue weighted by Crippen LogP contribution is -2.49. The van der Waals surface area contributed by atoms with Crippen molar-refractivity contribution in [3.63, 3.8) is 0 Å². The lowest BCUT2D eigenvalue weighted by atomic mass is 10.1. The quantitative estimate of drug-likeness (QED) is 0.828. The van der Waals surface area contributed by atoms with Crippen LogP contribution in [0.25, 0.3) is 0 Å². The third-order valence-electron chi connectivity index (χ3n) is 2.60. The number of rotatable bonds is 3. The van der Waals surface area contributed by atoms with Gasteiger partial charge in [0.05, 0.1) is 13.2 Å². The van der Waals surface area contributed by atoms with Crippen molar-refractivity contribution in [3.05, 3.63) is 35.9 Å². The Morgan fingerprint density at radius 2 is 1.94 bits per heavy atom. The maximum Gasteiger partial charge on any atom is 0.256 e. The van der Waals surface area contributed by atoms with Crippen LogP contribution in [0.2, 0.25) is 0 Å². The molecule has 1 fully saturated rings. The number of hydrogen-bond acceptors (Lipinski definition) is 3. The Morgan fingerprint density at radius 1 is 1.29 bits per heavy atom. The first-order valence-corrected chi connectivity index (χ1v) is 6.03. The zero-order valence-corrected chi connectivity index (χ0v) is 10.2. The van der Waals surface area contributed by atoms with E-state index in [9.17, 15) is 4.79 Å². The summed E-state index contributed by atoms with van der Waals surface area (Å²) in [4.78, 5) is 11.9. The van der Waals surface area contributed by atoms with E-state index in [4.69, 9.17) is 16.3 Å². The van der Waals surface area contributed by atoms with E-state index in [0.29, 0.717) is 26.3 Å². The van der Waals surface area contributed by atoms with Crippen molar-refractivity contribution >= 4 is 17.5 Å². The number of carbonyl (C=O) groups excluding carboxylic acids is 1. The number of ether oxygens (including phenoxy) is 1. The van der Waals surface area contributed by atoms with Crippen molar-refractivity contribution < 1.29 is 9.53 Å². The molecule has 1 atom stereocenters. The highest BCUT2D eigenvalue weighted by Crippen LogP contribution is 2.19. The molecule has 1 aromatic carbocycles. The van der Waals surface area contributed by atoms with E-state index in [-0.39, 0.29) is 5.91 Å². The van der Waals surface area contributed by atoms with E-state index in [1.54, 1.807) is 0 Å². The molecule has 0 bridgehead atoms. The predicted octanol–water partition coefficient (Wildman–Crippen LogP) is 1.33. The molecule has 2 rings (SSSR count). The van der Waals surface area contributed by atoms with Gasteiger partial charge in [0.25, 0.3) is 5.91 Å². The van der Waals surface area contributed by atoms with Crippen molar-refractivity contribution in [2.24, 2.45) is 0 Å². The molecule has 1 heterocycles. The van der Waals surface area contributed by atoms with E-state index in [1.165, 1.54) is 0 Å². The van der Waals surface area contributed by atoms with Crippen LogP contribution < -0.4 is 5.43 Å². The SMILES string of the molecule is O=C(NN1CCOCC1)C(Cl)c1ccccc1. The molecule has 0 radical (unpaired) electrons. The summed E-state index contributed by atoms with van der Waals surface area (Å²) in [5, 5.41) is 1.18. The average molecular weight is 255 g/mol. The van der Waals surface area contributed by atoms with E-state index < -0.39 is 5.38 Å². The first-order valence-electron chi connectivity index (χ1n) is 5.59. The first kappa shape index (κ1) is 12.4. The van der Waals surface area contributed by atoms with Crippen LogP contribution in [0.15, 0.2) is 30.3 Å². The van der Waals surface area contributed by atoms with Crippen LogP contribution in [0, 0.1) is 0 Å². The summed E-state index contributed by atoms with van der Waals surface area (Å²) in [7, 11) is 0. The smallest absolute Gasteiger partial charge is 0.256 e. The topological polar surface area (TPSA) is 41.6 Å². The van der Waals surface area contributed by atoms with E-state index in [1.807, 2.05) is 35.3 Å². The summed E-state index contributed by atoms with van der Waals surface area (Å²) in [5.74, 6) is -0.195. The van der Waals surface area contributed by atoms with Gasteiger partial charge in [0.1, 0.15) is 5.38 Å². The van der Waals surface area contributed by atoms with E-state index >= 15 is 0 Å². The second kappa shape index (κ2) is 6.00. The molecule has 1 saturated heterocycles. The van der Waals surface area contributed by atoms with Crippen LogP contribution >= 0.6 is 11.6 Å². The Bertz CT molecular complexity index is 366. The number of amides is 1. The molecule has 1 unspecified atom stereocenters. The fourth-order valence-electron chi connectivity index (χ4n) is 1.66. The third kappa shape index (κ3) is 3.43. The Hall–Kier alpha value is -1.10. The summed E-state index contributed by atoms with van der Waals surface area (Å²) in [6.45, 7) is 2.67. The number of hydrogen-bond donors (Lipinski definition) is 1. The molecule has 1 aliphatic rings. The number of morpholine rings is 1. The van der Waals surface area contributed by atoms with E-state index in [2.05, 4.69) is 5.43 Å². The van der Waals surface area contributed by atoms with Crippen molar-refractivity contribution in [1.82, 2.24) is 10.4 Å². The highest BCUT2D eigenvalue weighted by molar-refractivity contribution is 6.30. The lowest BCUT2D eigenvalue weighted by Gasteiger charge is -2.27. The molecule has 5 heteroatoms. The molecule has 0 aliphatic carbocycles. The number of halogens is 1. The van der Waals surface area contributed by atoms with Crippen LogP contribution in [-0.2, 0) is 9.53 Å². The van der Waals surface area contributed by atoms with Crippen LogP contribution in [0.1, 0.15) is 10.9 Å². The molecule has 92 valence electrons. The van der Waals surface area contributed by atoms with Crippen LogP contribution in [0.3, 0.4) is 0 Å². The van der Waals surface area contributed by atoms with Gasteiger partial charge in [-0.1, -0.05) is 30.3 Å². The highest BCUT2D eigenvalue weighted by atomic mass is 35.5. The van der Waals surface area contributed by atoms with Gasteiger partial charge in [0.2, 0.25) is 0 Å². The normalized spacial score (nSPS) is 18.6. The zero-order valence-electron chi connectivity index (χ0n) is 9.43. The van der Waals surface area contributed by atoms with Gasteiger partial charge in [-0.3, -0.25) is 10.2 Å². The fourth-order valence-corrected chi connectivity index (χ4v) is 1.86. The molecule has 1 aliphatic heterocycles. The Labute approximate surface area is 105 Å². The monoisotopic (exact) mass is 254 g/mol. The predicted molar refractivity (Wildman–Crippen MR) is 65.6 cm³/mol. The average Bonchev–Trinajstić information content (AvgIpc) is 2.40. The van der Waals surface area contributed by atoms with Crippen molar-refractivity contribution in [2.45, 2.75) is 5.38 Å². The van der Waals surface area contributed by atoms with Crippen molar-refractivity contribution in [3.8, 4) is 0 Å². The van der Waals surface area contributed by atoms with Gasteiger partial charge in [-0.2, -0.15) is 0 Å². The minimum atomic E-state index is -0.654. The lowest BCUT2D eigenvalue weighted by molar-refractivity contribution is -0.127. The first-order chi connectivity index (χ1) is 8.27. The van der Waals surface area contributed by atoms with Crippen LogP contribution in [0.5, 0.6) is 0 Å². The molecule has 17 heavy (non-hydrogen) atoms. The number of nitrogens with one attached hydrogen (secondary N) is 1. The van der Waals surface area contributed by atoms with Gasteiger partial charge in [0, 0.05) is 13.1 Å². The Morgan fingerprint density at radius 3 is 2.59 bits per heavy atom. The van der Waals surface area contributed by atoms with Crippen molar-refractivity contribution in [2.75, 3.05) is 26.3 Å². The molecule has 4 nitrogen and oxygen atoms in total. The minimum Gasteiger partial charge on any atom is -0.379 e. The number of benzene rings is 1. The molecule has 1 amide bonds. The van der Waals surface area contributed by atoms with Gasteiger partial charge >= 0.3 is 0 Å². The Kier molecular flexibility index (Phi) is 4.36. The summed E-state index contributed by atoms with van der Waals surface area (Å²) in [6.07, 6.45) is 0. The second-order valence-electron chi connectivity index (χ2n) is 3.85. The van der Waals surface area contributed by atoms with Crippen LogP contribution in [-0.4, -0.2) is 37.2 Å². The fraction of sp³-hybridized carbons (Fsp3) is 0.417. The maximum atomic E-state index is 11.9. The number of alkyl halides is 1. The molecule has 0 spiro atoms. The summed E-state index contributed by atoms with van der Waals surface area (Å²) < 4.78 is 5.20. The molecule has 0 saturated carbocycles. The summed E-state index contributed by atoms with van der Waals surface area (Å²) in [5.41, 5.74) is 3.61. The van der Waals surface area contributed by atoms with Gasteiger partial charge in [-0.05, 0) is 5.56 Å². The third-order valence-corrected chi connectivity index (χ3v) is 3.05. The molecular formula is C12H15ClN2O2. The molecular weight excluding hydrogens is 240 g/mol. The van der Waals surface area contributed by atoms with Crippen LogP contribution in [0.4, 0.5) is 0 Å². The van der Waals surface area contributed by atoms with Gasteiger partial charge in [0.15, 0.2) is 0 Å². The number of nitrogens with zero attached hydrogens (tertiary/aromatic N) is 1. The summed E-state index contributed by atoms with van der Waals surface area (Å²) in [6, 6.07) is 9.32. The van der Waals surface area contributed by atoms with Crippen molar-refractivity contribution in [1.29, 1.82) is 0 Å².